The minimum atomic E-state index is -1.95. The van der Waals surface area contributed by atoms with Crippen LogP contribution >= 0.6 is 11.6 Å². The van der Waals surface area contributed by atoms with Crippen LogP contribution in [0.4, 0.5) is 0 Å². The lowest BCUT2D eigenvalue weighted by Gasteiger charge is -2.32. The van der Waals surface area contributed by atoms with Gasteiger partial charge in [0.05, 0.1) is 10.6 Å². The van der Waals surface area contributed by atoms with Gasteiger partial charge in [-0.05, 0) is 37.7 Å². The van der Waals surface area contributed by atoms with Gasteiger partial charge in [-0.2, -0.15) is 0 Å². The van der Waals surface area contributed by atoms with Crippen LogP contribution < -0.4 is 0 Å². The molecule has 0 radical (unpaired) electrons. The highest BCUT2D eigenvalue weighted by molar-refractivity contribution is 6.49. The summed E-state index contributed by atoms with van der Waals surface area (Å²) in [6.07, 6.45) is 6.89. The fraction of sp³-hybridized carbons (Fsp3) is 0.571. The molecular weight excluding hydrogens is 368 g/mol. The van der Waals surface area contributed by atoms with Crippen LogP contribution in [0, 0.1) is 11.8 Å². The van der Waals surface area contributed by atoms with E-state index in [1.54, 1.807) is 6.08 Å². The quantitative estimate of drug-likeness (QED) is 0.466. The highest BCUT2D eigenvalue weighted by atomic mass is 35.5. The Morgan fingerprint density at radius 3 is 2.52 bits per heavy atom. The third kappa shape index (κ3) is 4.52. The molecule has 2 rings (SSSR count). The number of fused-ring (bicyclic) bond motifs is 1. The minimum absolute atomic E-state index is 0.113. The van der Waals surface area contributed by atoms with E-state index in [9.17, 15) is 14.4 Å². The molecule has 1 heterocycles. The second-order valence-electron chi connectivity index (χ2n) is 7.67. The summed E-state index contributed by atoms with van der Waals surface area (Å²) in [6, 6.07) is 0. The molecule has 3 atom stereocenters. The van der Waals surface area contributed by atoms with Gasteiger partial charge in [-0.15, -0.1) is 0 Å². The van der Waals surface area contributed by atoms with Crippen molar-refractivity contribution < 1.29 is 23.9 Å². The summed E-state index contributed by atoms with van der Waals surface area (Å²) >= 11 is 6.24. The van der Waals surface area contributed by atoms with E-state index >= 15 is 0 Å². The summed E-state index contributed by atoms with van der Waals surface area (Å²) in [4.78, 5) is 36.6. The lowest BCUT2D eigenvalue weighted by atomic mass is 9.80. The smallest absolute Gasteiger partial charge is 0.304 e. The van der Waals surface area contributed by atoms with Crippen LogP contribution in [-0.4, -0.2) is 23.1 Å². The number of esters is 1. The Bertz CT molecular complexity index is 746. The third-order valence-corrected chi connectivity index (χ3v) is 5.58. The molecule has 5 nitrogen and oxygen atoms in total. The largest absolute Gasteiger partial charge is 0.469 e. The van der Waals surface area contributed by atoms with E-state index in [-0.39, 0.29) is 10.6 Å². The second kappa shape index (κ2) is 8.42. The molecule has 0 saturated carbocycles. The number of allylic oxidation sites excluding steroid dienone is 3. The van der Waals surface area contributed by atoms with Gasteiger partial charge in [0.2, 0.25) is 17.2 Å². The van der Waals surface area contributed by atoms with E-state index in [0.29, 0.717) is 29.6 Å². The normalized spacial score (nSPS) is 24.5. The molecular formula is C21H27ClO5. The third-order valence-electron chi connectivity index (χ3n) is 5.20. The Balaban J connectivity index is 2.19. The zero-order valence-electron chi connectivity index (χ0n) is 16.6. The van der Waals surface area contributed by atoms with Crippen molar-refractivity contribution in [3.63, 3.8) is 0 Å². The number of ether oxygens (including phenoxy) is 2. The van der Waals surface area contributed by atoms with E-state index in [4.69, 9.17) is 21.1 Å². The van der Waals surface area contributed by atoms with E-state index in [1.807, 2.05) is 0 Å². The number of ketones is 2. The molecule has 0 fully saturated rings. The summed E-state index contributed by atoms with van der Waals surface area (Å²) in [7, 11) is 0. The predicted molar refractivity (Wildman–Crippen MR) is 103 cm³/mol. The molecule has 0 amide bonds. The molecule has 27 heavy (non-hydrogen) atoms. The van der Waals surface area contributed by atoms with Crippen LogP contribution in [0.25, 0.3) is 0 Å². The molecule has 148 valence electrons. The lowest BCUT2D eigenvalue weighted by molar-refractivity contribution is -0.167. The SMILES string of the molecule is CCC(C)CC(C)CCC1=CC2=C(Cl)C(=O)C(C)(OC(C)=O)C(=O)C2=CO1. The summed E-state index contributed by atoms with van der Waals surface area (Å²) < 4.78 is 10.6. The van der Waals surface area contributed by atoms with E-state index in [1.165, 1.54) is 13.2 Å². The first-order valence-corrected chi connectivity index (χ1v) is 9.74. The van der Waals surface area contributed by atoms with Crippen molar-refractivity contribution in [3.8, 4) is 0 Å². The van der Waals surface area contributed by atoms with Gasteiger partial charge in [0.15, 0.2) is 0 Å². The number of halogens is 1. The van der Waals surface area contributed by atoms with Crippen molar-refractivity contribution in [1.82, 2.24) is 0 Å². The number of hydrogen-bond acceptors (Lipinski definition) is 5. The molecule has 3 unspecified atom stereocenters. The molecule has 6 heteroatoms. The van der Waals surface area contributed by atoms with Gasteiger partial charge >= 0.3 is 5.97 Å². The van der Waals surface area contributed by atoms with Crippen LogP contribution in [0.2, 0.25) is 0 Å². The number of carbonyl (C=O) groups is 3. The Kier molecular flexibility index (Phi) is 6.68. The van der Waals surface area contributed by atoms with Crippen molar-refractivity contribution in [1.29, 1.82) is 0 Å². The highest BCUT2D eigenvalue weighted by Crippen LogP contribution is 2.39. The number of Topliss-reactive ketones (excluding diaryl/α,β-unsaturated/α-hetero) is 2. The van der Waals surface area contributed by atoms with E-state index in [0.717, 1.165) is 26.2 Å². The second-order valence-corrected chi connectivity index (χ2v) is 8.04. The fourth-order valence-corrected chi connectivity index (χ4v) is 3.73. The molecule has 1 aliphatic carbocycles. The van der Waals surface area contributed by atoms with E-state index in [2.05, 4.69) is 20.8 Å². The Labute approximate surface area is 165 Å². The highest BCUT2D eigenvalue weighted by Gasteiger charge is 2.52. The van der Waals surface area contributed by atoms with Gasteiger partial charge in [0.1, 0.15) is 12.0 Å². The van der Waals surface area contributed by atoms with Crippen molar-refractivity contribution >= 4 is 29.1 Å². The van der Waals surface area contributed by atoms with Crippen LogP contribution in [0.1, 0.15) is 60.3 Å². The Morgan fingerprint density at radius 1 is 1.26 bits per heavy atom. The van der Waals surface area contributed by atoms with Crippen LogP contribution in [0.5, 0.6) is 0 Å². The standard InChI is InChI=1S/C21H27ClO5/c1-6-12(2)9-13(3)7-8-15-10-16-17(11-26-15)19(24)21(5,27-14(4)23)20(25)18(16)22/h10-13H,6-9H2,1-5H3. The maximum absolute atomic E-state index is 12.7. The lowest BCUT2D eigenvalue weighted by Crippen LogP contribution is -2.51. The molecule has 0 N–H and O–H groups in total. The van der Waals surface area contributed by atoms with Gasteiger partial charge in [-0.25, -0.2) is 0 Å². The van der Waals surface area contributed by atoms with Crippen LogP contribution in [0.15, 0.2) is 34.3 Å². The van der Waals surface area contributed by atoms with Crippen molar-refractivity contribution in [3.05, 3.63) is 34.3 Å². The van der Waals surface area contributed by atoms with Gasteiger partial charge in [0, 0.05) is 18.9 Å². The number of rotatable bonds is 7. The molecule has 0 aromatic carbocycles. The van der Waals surface area contributed by atoms with Crippen LogP contribution in [0.3, 0.4) is 0 Å². The number of carbonyl (C=O) groups excluding carboxylic acids is 3. The number of hydrogen-bond donors (Lipinski definition) is 0. The first kappa shape index (κ1) is 21.4. The monoisotopic (exact) mass is 394 g/mol. The Morgan fingerprint density at radius 2 is 1.93 bits per heavy atom. The van der Waals surface area contributed by atoms with Gasteiger partial charge < -0.3 is 9.47 Å². The van der Waals surface area contributed by atoms with Crippen molar-refractivity contribution in [2.75, 3.05) is 0 Å². The zero-order valence-corrected chi connectivity index (χ0v) is 17.3. The summed E-state index contributed by atoms with van der Waals surface area (Å²) in [5.41, 5.74) is -1.45. The molecule has 1 aliphatic heterocycles. The molecule has 0 aromatic heterocycles. The molecule has 0 saturated heterocycles. The first-order valence-electron chi connectivity index (χ1n) is 9.36. The van der Waals surface area contributed by atoms with Gasteiger partial charge in [-0.3, -0.25) is 14.4 Å². The maximum atomic E-state index is 12.7. The zero-order chi connectivity index (χ0) is 20.4. The predicted octanol–water partition coefficient (Wildman–Crippen LogP) is 4.60. The van der Waals surface area contributed by atoms with E-state index < -0.39 is 23.1 Å². The summed E-state index contributed by atoms with van der Waals surface area (Å²) in [5, 5.41) is -0.113. The van der Waals surface area contributed by atoms with Gasteiger partial charge in [0.25, 0.3) is 0 Å². The molecule has 0 aromatic rings. The molecule has 0 spiro atoms. The average Bonchev–Trinajstić information content (AvgIpc) is 2.62. The van der Waals surface area contributed by atoms with Crippen molar-refractivity contribution in [2.24, 2.45) is 11.8 Å². The topological polar surface area (TPSA) is 69.7 Å². The average molecular weight is 395 g/mol. The minimum Gasteiger partial charge on any atom is -0.469 e. The summed E-state index contributed by atoms with van der Waals surface area (Å²) in [5.74, 6) is -0.171. The molecule has 2 aliphatic rings. The Hall–Kier alpha value is -1.88. The fourth-order valence-electron chi connectivity index (χ4n) is 3.39. The first-order chi connectivity index (χ1) is 12.6. The van der Waals surface area contributed by atoms with Crippen LogP contribution in [-0.2, 0) is 23.9 Å². The summed E-state index contributed by atoms with van der Waals surface area (Å²) in [6.45, 7) is 9.04. The molecule has 0 bridgehead atoms. The maximum Gasteiger partial charge on any atom is 0.304 e. The van der Waals surface area contributed by atoms with Crippen molar-refractivity contribution in [2.45, 2.75) is 65.9 Å². The van der Waals surface area contributed by atoms with Gasteiger partial charge in [-0.1, -0.05) is 38.8 Å².